The third-order valence-electron chi connectivity index (χ3n) is 2.01. The van der Waals surface area contributed by atoms with Gasteiger partial charge in [0.15, 0.2) is 0 Å². The molecule has 0 radical (unpaired) electrons. The predicted octanol–water partition coefficient (Wildman–Crippen LogP) is 1.31. The molecule has 0 aliphatic heterocycles. The van der Waals surface area contributed by atoms with Gasteiger partial charge in [0.2, 0.25) is 16.8 Å². The smallest absolute Gasteiger partial charge is 0.371 e. The Hall–Kier alpha value is -2.42. The molecule has 0 spiro atoms. The van der Waals surface area contributed by atoms with Gasteiger partial charge < -0.3 is 9.52 Å². The standard InChI is InChI=1S/C10H7FN2O5S/c11-7-2-1-3-8(12-7)13-19(16,17)9-5-4-6(18-9)10(14)15/h1-5H,(H,12,13)(H,14,15). The summed E-state index contributed by atoms with van der Waals surface area (Å²) in [5.74, 6) is -3.02. The number of carboxylic acid groups (broad SMARTS) is 1. The van der Waals surface area contributed by atoms with Crippen molar-refractivity contribution in [3.63, 3.8) is 0 Å². The molecule has 0 amide bonds. The molecule has 2 aromatic rings. The van der Waals surface area contributed by atoms with E-state index in [0.717, 1.165) is 18.2 Å². The molecule has 9 heteroatoms. The summed E-state index contributed by atoms with van der Waals surface area (Å²) in [6.45, 7) is 0. The van der Waals surface area contributed by atoms with Gasteiger partial charge in [-0.2, -0.15) is 12.8 Å². The van der Waals surface area contributed by atoms with Gasteiger partial charge in [-0.1, -0.05) is 6.07 Å². The molecular formula is C10H7FN2O5S. The van der Waals surface area contributed by atoms with Crippen LogP contribution < -0.4 is 4.72 Å². The first-order valence-electron chi connectivity index (χ1n) is 4.87. The maximum atomic E-state index is 12.8. The number of halogens is 1. The average Bonchev–Trinajstić information content (AvgIpc) is 2.78. The number of furan rings is 1. The monoisotopic (exact) mass is 286 g/mol. The number of hydrogen-bond donors (Lipinski definition) is 2. The maximum absolute atomic E-state index is 12.8. The SMILES string of the molecule is O=C(O)c1ccc(S(=O)(=O)Nc2cccc(F)n2)o1. The topological polar surface area (TPSA) is 110 Å². The van der Waals surface area contributed by atoms with E-state index in [1.54, 1.807) is 0 Å². The molecular weight excluding hydrogens is 279 g/mol. The van der Waals surface area contributed by atoms with E-state index < -0.39 is 32.8 Å². The van der Waals surface area contributed by atoms with Crippen LogP contribution in [0.5, 0.6) is 0 Å². The molecule has 0 atom stereocenters. The molecule has 0 bridgehead atoms. The van der Waals surface area contributed by atoms with E-state index in [1.165, 1.54) is 12.1 Å². The summed E-state index contributed by atoms with van der Waals surface area (Å²) < 4.78 is 43.0. The Morgan fingerprint density at radius 2 is 2.05 bits per heavy atom. The lowest BCUT2D eigenvalue weighted by Gasteiger charge is -2.04. The van der Waals surface area contributed by atoms with Crippen LogP contribution in [0.1, 0.15) is 10.6 Å². The summed E-state index contributed by atoms with van der Waals surface area (Å²) >= 11 is 0. The first kappa shape index (κ1) is 13.0. The Morgan fingerprint density at radius 1 is 1.32 bits per heavy atom. The number of nitrogens with zero attached hydrogens (tertiary/aromatic N) is 1. The van der Waals surface area contributed by atoms with Crippen molar-refractivity contribution in [3.05, 3.63) is 42.0 Å². The zero-order valence-electron chi connectivity index (χ0n) is 9.20. The highest BCUT2D eigenvalue weighted by Gasteiger charge is 2.21. The van der Waals surface area contributed by atoms with Crippen LogP contribution in [-0.4, -0.2) is 24.5 Å². The van der Waals surface area contributed by atoms with Crippen molar-refractivity contribution in [2.24, 2.45) is 0 Å². The van der Waals surface area contributed by atoms with Crippen molar-refractivity contribution in [1.82, 2.24) is 4.98 Å². The number of hydrogen-bond acceptors (Lipinski definition) is 5. The van der Waals surface area contributed by atoms with Crippen molar-refractivity contribution in [1.29, 1.82) is 0 Å². The van der Waals surface area contributed by atoms with Crippen molar-refractivity contribution in [2.75, 3.05) is 4.72 Å². The van der Waals surface area contributed by atoms with Crippen LogP contribution in [0.15, 0.2) is 39.8 Å². The molecule has 0 aliphatic rings. The van der Waals surface area contributed by atoms with Crippen LogP contribution in [0.4, 0.5) is 10.2 Å². The largest absolute Gasteiger partial charge is 0.475 e. The lowest BCUT2D eigenvalue weighted by molar-refractivity contribution is 0.0656. The Labute approximate surface area is 106 Å². The van der Waals surface area contributed by atoms with Crippen LogP contribution in [0, 0.1) is 5.95 Å². The first-order chi connectivity index (χ1) is 8.88. The highest BCUT2D eigenvalue weighted by atomic mass is 32.2. The third-order valence-corrected chi connectivity index (χ3v) is 3.24. The fourth-order valence-corrected chi connectivity index (χ4v) is 2.17. The molecule has 2 N–H and O–H groups in total. The summed E-state index contributed by atoms with van der Waals surface area (Å²) in [6, 6.07) is 5.53. The molecule has 0 saturated heterocycles. The van der Waals surface area contributed by atoms with Gasteiger partial charge in [-0.25, -0.2) is 9.78 Å². The summed E-state index contributed by atoms with van der Waals surface area (Å²) in [7, 11) is -4.15. The normalized spacial score (nSPS) is 11.2. The molecule has 0 fully saturated rings. The number of pyridine rings is 1. The predicted molar refractivity (Wildman–Crippen MR) is 60.7 cm³/mol. The van der Waals surface area contributed by atoms with Crippen molar-refractivity contribution in [3.8, 4) is 0 Å². The number of nitrogens with one attached hydrogen (secondary N) is 1. The maximum Gasteiger partial charge on any atom is 0.371 e. The van der Waals surface area contributed by atoms with E-state index >= 15 is 0 Å². The van der Waals surface area contributed by atoms with Crippen molar-refractivity contribution in [2.45, 2.75) is 5.09 Å². The molecule has 100 valence electrons. The molecule has 2 heterocycles. The Morgan fingerprint density at radius 3 is 2.63 bits per heavy atom. The number of aromatic nitrogens is 1. The molecule has 0 aliphatic carbocycles. The molecule has 0 saturated carbocycles. The zero-order chi connectivity index (χ0) is 14.0. The highest BCUT2D eigenvalue weighted by molar-refractivity contribution is 7.92. The molecule has 7 nitrogen and oxygen atoms in total. The van der Waals surface area contributed by atoms with E-state index in [4.69, 9.17) is 5.11 Å². The summed E-state index contributed by atoms with van der Waals surface area (Å²) in [5, 5.41) is 8.02. The number of carbonyl (C=O) groups is 1. The lowest BCUT2D eigenvalue weighted by atomic mass is 10.5. The van der Waals surface area contributed by atoms with E-state index in [0.29, 0.717) is 0 Å². The molecule has 2 rings (SSSR count). The number of carboxylic acids is 1. The Balaban J connectivity index is 2.29. The van der Waals surface area contributed by atoms with Crippen LogP contribution in [-0.2, 0) is 10.0 Å². The van der Waals surface area contributed by atoms with Gasteiger partial charge in [-0.05, 0) is 24.3 Å². The van der Waals surface area contributed by atoms with Gasteiger partial charge in [0, 0.05) is 0 Å². The van der Waals surface area contributed by atoms with Crippen LogP contribution in [0.2, 0.25) is 0 Å². The zero-order valence-corrected chi connectivity index (χ0v) is 10.0. The van der Waals surface area contributed by atoms with Crippen LogP contribution in [0.25, 0.3) is 0 Å². The van der Waals surface area contributed by atoms with Gasteiger partial charge in [0.1, 0.15) is 5.82 Å². The number of sulfonamides is 1. The quantitative estimate of drug-likeness (QED) is 0.820. The second-order valence-electron chi connectivity index (χ2n) is 3.37. The van der Waals surface area contributed by atoms with Gasteiger partial charge in [-0.15, -0.1) is 0 Å². The van der Waals surface area contributed by atoms with E-state index in [9.17, 15) is 17.6 Å². The average molecular weight is 286 g/mol. The van der Waals surface area contributed by atoms with Gasteiger partial charge in [0.05, 0.1) is 0 Å². The summed E-state index contributed by atoms with van der Waals surface area (Å²) in [6.07, 6.45) is 0. The molecule has 2 aromatic heterocycles. The summed E-state index contributed by atoms with van der Waals surface area (Å²) in [4.78, 5) is 13.9. The second kappa shape index (κ2) is 4.69. The van der Waals surface area contributed by atoms with Gasteiger partial charge in [-0.3, -0.25) is 4.72 Å². The Kier molecular flexibility index (Phi) is 3.21. The minimum Gasteiger partial charge on any atom is -0.475 e. The highest BCUT2D eigenvalue weighted by Crippen LogP contribution is 2.17. The fourth-order valence-electron chi connectivity index (χ4n) is 1.23. The molecule has 0 unspecified atom stereocenters. The minimum atomic E-state index is -4.15. The van der Waals surface area contributed by atoms with Crippen LogP contribution >= 0.6 is 0 Å². The van der Waals surface area contributed by atoms with Gasteiger partial charge >= 0.3 is 5.97 Å². The van der Waals surface area contributed by atoms with E-state index in [1.807, 2.05) is 4.72 Å². The number of rotatable bonds is 4. The van der Waals surface area contributed by atoms with Crippen LogP contribution in [0.3, 0.4) is 0 Å². The second-order valence-corrected chi connectivity index (χ2v) is 4.99. The van der Waals surface area contributed by atoms with E-state index in [-0.39, 0.29) is 5.82 Å². The summed E-state index contributed by atoms with van der Waals surface area (Å²) in [5.41, 5.74) is 0. The third kappa shape index (κ3) is 2.88. The van der Waals surface area contributed by atoms with Crippen molar-refractivity contribution < 1.29 is 27.1 Å². The fraction of sp³-hybridized carbons (Fsp3) is 0. The minimum absolute atomic E-state index is 0.242. The molecule has 19 heavy (non-hydrogen) atoms. The Bertz CT molecular complexity index is 725. The lowest BCUT2D eigenvalue weighted by Crippen LogP contribution is -2.13. The number of aromatic carboxylic acids is 1. The number of anilines is 1. The van der Waals surface area contributed by atoms with Gasteiger partial charge in [0.25, 0.3) is 10.0 Å². The van der Waals surface area contributed by atoms with E-state index in [2.05, 4.69) is 9.40 Å². The molecule has 0 aromatic carbocycles. The first-order valence-corrected chi connectivity index (χ1v) is 6.35. The van der Waals surface area contributed by atoms with Crippen molar-refractivity contribution >= 4 is 21.8 Å².